The minimum atomic E-state index is 0.865. The number of hydrogen-bond acceptors (Lipinski definition) is 2. The lowest BCUT2D eigenvalue weighted by atomic mass is 10.1. The van der Waals surface area contributed by atoms with E-state index in [1.165, 1.54) is 10.8 Å². The second kappa shape index (κ2) is 5.30. The van der Waals surface area contributed by atoms with E-state index in [1.807, 2.05) is 38.1 Å². The third kappa shape index (κ3) is 2.53. The summed E-state index contributed by atoms with van der Waals surface area (Å²) in [4.78, 5) is 4.27. The van der Waals surface area contributed by atoms with Gasteiger partial charge in [0, 0.05) is 17.3 Å². The van der Waals surface area contributed by atoms with Crippen LogP contribution in [0.5, 0.6) is 0 Å². The van der Waals surface area contributed by atoms with Crippen molar-refractivity contribution >= 4 is 22.7 Å². The highest BCUT2D eigenvalue weighted by molar-refractivity contribution is 5.94. The lowest BCUT2D eigenvalue weighted by molar-refractivity contribution is 1.30. The van der Waals surface area contributed by atoms with Crippen molar-refractivity contribution in [2.75, 3.05) is 5.32 Å². The van der Waals surface area contributed by atoms with Gasteiger partial charge in [0.15, 0.2) is 0 Å². The van der Waals surface area contributed by atoms with Gasteiger partial charge in [-0.25, -0.2) is 4.99 Å². The minimum absolute atomic E-state index is 0.865. The predicted molar refractivity (Wildman–Crippen MR) is 75.5 cm³/mol. The van der Waals surface area contributed by atoms with Crippen molar-refractivity contribution in [3.63, 3.8) is 0 Å². The van der Waals surface area contributed by atoms with E-state index in [-0.39, 0.29) is 0 Å². The number of nitrogens with one attached hydrogen (secondary N) is 1. The third-order valence-electron chi connectivity index (χ3n) is 2.59. The molecule has 2 heteroatoms. The van der Waals surface area contributed by atoms with Crippen LogP contribution in [0.2, 0.25) is 0 Å². The van der Waals surface area contributed by atoms with Gasteiger partial charge in [0.1, 0.15) is 5.82 Å². The maximum absolute atomic E-state index is 4.27. The van der Waals surface area contributed by atoms with Gasteiger partial charge in [-0.15, -0.1) is 0 Å². The van der Waals surface area contributed by atoms with Crippen LogP contribution in [0.25, 0.3) is 10.8 Å². The highest BCUT2D eigenvalue weighted by Gasteiger charge is 2.00. The summed E-state index contributed by atoms with van der Waals surface area (Å²) >= 11 is 0. The average Bonchev–Trinajstić information content (AvgIpc) is 2.38. The second-order valence-electron chi connectivity index (χ2n) is 3.71. The maximum Gasteiger partial charge on any atom is 0.125 e. The predicted octanol–water partition coefficient (Wildman–Crippen LogP) is 4.20. The minimum Gasteiger partial charge on any atom is -0.340 e. The first-order valence-corrected chi connectivity index (χ1v) is 5.75. The van der Waals surface area contributed by atoms with Gasteiger partial charge in [-0.1, -0.05) is 36.4 Å². The van der Waals surface area contributed by atoms with E-state index in [1.54, 1.807) is 6.21 Å². The van der Waals surface area contributed by atoms with Crippen LogP contribution in [0, 0.1) is 0 Å². The van der Waals surface area contributed by atoms with Crippen LogP contribution in [0.3, 0.4) is 0 Å². The Balaban J connectivity index is 2.42. The van der Waals surface area contributed by atoms with Crippen LogP contribution in [-0.4, -0.2) is 6.21 Å². The summed E-state index contributed by atoms with van der Waals surface area (Å²) in [5, 5.41) is 5.77. The quantitative estimate of drug-likeness (QED) is 0.776. The molecule has 0 bridgehead atoms. The number of aliphatic imine (C=N–C) groups is 1. The molecular formula is C15H16N2. The Bertz CT molecular complexity index is 563. The summed E-state index contributed by atoms with van der Waals surface area (Å²) in [6.45, 7) is 3.88. The normalized spacial score (nSPS) is 12.2. The fraction of sp³-hybridized carbons (Fsp3) is 0.133. The summed E-state index contributed by atoms with van der Waals surface area (Å²) in [6, 6.07) is 14.5. The molecule has 0 heterocycles. The SMILES string of the molecule is C/C=N\C(=C/C)Nc1cccc2ccccc12. The van der Waals surface area contributed by atoms with Crippen molar-refractivity contribution in [2.24, 2.45) is 4.99 Å². The van der Waals surface area contributed by atoms with E-state index >= 15 is 0 Å². The first kappa shape index (κ1) is 11.4. The molecular weight excluding hydrogens is 208 g/mol. The average molecular weight is 224 g/mol. The van der Waals surface area contributed by atoms with E-state index in [0.717, 1.165) is 11.5 Å². The molecule has 0 fully saturated rings. The van der Waals surface area contributed by atoms with Crippen molar-refractivity contribution in [2.45, 2.75) is 13.8 Å². The molecule has 0 aliphatic carbocycles. The summed E-state index contributed by atoms with van der Waals surface area (Å²) < 4.78 is 0. The number of hydrogen-bond donors (Lipinski definition) is 1. The molecule has 2 rings (SSSR count). The first-order chi connectivity index (χ1) is 8.35. The molecule has 2 nitrogen and oxygen atoms in total. The molecule has 1 N–H and O–H groups in total. The zero-order chi connectivity index (χ0) is 12.1. The standard InChI is InChI=1S/C15H16N2/c1-3-15(16-4-2)17-14-11-7-9-12-8-5-6-10-13(12)14/h3-11,17H,1-2H3/b15-3+,16-4-. The Labute approximate surface area is 102 Å². The van der Waals surface area contributed by atoms with Crippen LogP contribution < -0.4 is 5.32 Å². The van der Waals surface area contributed by atoms with Crippen molar-refractivity contribution in [1.82, 2.24) is 0 Å². The molecule has 0 radical (unpaired) electrons. The number of benzene rings is 2. The summed E-state index contributed by atoms with van der Waals surface area (Å²) in [6.07, 6.45) is 3.75. The van der Waals surface area contributed by atoms with E-state index in [2.05, 4.69) is 34.6 Å². The maximum atomic E-state index is 4.27. The third-order valence-corrected chi connectivity index (χ3v) is 2.59. The van der Waals surface area contributed by atoms with Crippen molar-refractivity contribution < 1.29 is 0 Å². The zero-order valence-corrected chi connectivity index (χ0v) is 10.1. The van der Waals surface area contributed by atoms with Gasteiger partial charge in [0.25, 0.3) is 0 Å². The Morgan fingerprint density at radius 2 is 1.82 bits per heavy atom. The van der Waals surface area contributed by atoms with Gasteiger partial charge in [0.05, 0.1) is 0 Å². The summed E-state index contributed by atoms with van der Waals surface area (Å²) in [5.74, 6) is 0.865. The number of allylic oxidation sites excluding steroid dienone is 1. The lowest BCUT2D eigenvalue weighted by Crippen LogP contribution is -1.97. The largest absolute Gasteiger partial charge is 0.340 e. The van der Waals surface area contributed by atoms with Crippen LogP contribution >= 0.6 is 0 Å². The molecule has 0 saturated heterocycles. The Morgan fingerprint density at radius 1 is 1.06 bits per heavy atom. The van der Waals surface area contributed by atoms with Crippen LogP contribution in [-0.2, 0) is 0 Å². The van der Waals surface area contributed by atoms with E-state index in [4.69, 9.17) is 0 Å². The Morgan fingerprint density at radius 3 is 2.59 bits per heavy atom. The number of anilines is 1. The molecule has 2 aromatic rings. The smallest absolute Gasteiger partial charge is 0.125 e. The highest BCUT2D eigenvalue weighted by Crippen LogP contribution is 2.24. The molecule has 0 spiro atoms. The topological polar surface area (TPSA) is 24.4 Å². The van der Waals surface area contributed by atoms with Gasteiger partial charge in [-0.2, -0.15) is 0 Å². The molecule has 0 amide bonds. The van der Waals surface area contributed by atoms with Crippen LogP contribution in [0.1, 0.15) is 13.8 Å². The summed E-state index contributed by atoms with van der Waals surface area (Å²) in [5.41, 5.74) is 1.09. The fourth-order valence-electron chi connectivity index (χ4n) is 1.79. The zero-order valence-electron chi connectivity index (χ0n) is 10.1. The molecule has 17 heavy (non-hydrogen) atoms. The van der Waals surface area contributed by atoms with Crippen molar-refractivity contribution in [1.29, 1.82) is 0 Å². The monoisotopic (exact) mass is 224 g/mol. The van der Waals surface area contributed by atoms with Crippen LogP contribution in [0.4, 0.5) is 5.69 Å². The number of rotatable bonds is 3. The fourth-order valence-corrected chi connectivity index (χ4v) is 1.79. The van der Waals surface area contributed by atoms with Gasteiger partial charge in [-0.3, -0.25) is 0 Å². The molecule has 0 atom stereocenters. The van der Waals surface area contributed by atoms with E-state index < -0.39 is 0 Å². The van der Waals surface area contributed by atoms with Crippen molar-refractivity contribution in [3.8, 4) is 0 Å². The highest BCUT2D eigenvalue weighted by atomic mass is 15.0. The number of fused-ring (bicyclic) bond motifs is 1. The molecule has 0 saturated carbocycles. The second-order valence-corrected chi connectivity index (χ2v) is 3.71. The molecule has 86 valence electrons. The Hall–Kier alpha value is -2.09. The molecule has 0 aliphatic rings. The lowest BCUT2D eigenvalue weighted by Gasteiger charge is -2.09. The molecule has 0 aromatic heterocycles. The van der Waals surface area contributed by atoms with Gasteiger partial charge in [-0.05, 0) is 31.4 Å². The molecule has 0 unspecified atom stereocenters. The van der Waals surface area contributed by atoms with Gasteiger partial charge >= 0.3 is 0 Å². The van der Waals surface area contributed by atoms with E-state index in [9.17, 15) is 0 Å². The number of nitrogens with zero attached hydrogens (tertiary/aromatic N) is 1. The Kier molecular flexibility index (Phi) is 3.55. The van der Waals surface area contributed by atoms with E-state index in [0.29, 0.717) is 0 Å². The molecule has 0 aliphatic heterocycles. The molecule has 2 aromatic carbocycles. The first-order valence-electron chi connectivity index (χ1n) is 5.75. The van der Waals surface area contributed by atoms with Gasteiger partial charge < -0.3 is 5.32 Å². The van der Waals surface area contributed by atoms with Crippen LogP contribution in [0.15, 0.2) is 59.4 Å². The van der Waals surface area contributed by atoms with Crippen molar-refractivity contribution in [3.05, 3.63) is 54.4 Å². The summed E-state index contributed by atoms with van der Waals surface area (Å²) in [7, 11) is 0. The van der Waals surface area contributed by atoms with Gasteiger partial charge in [0.2, 0.25) is 0 Å².